The molecule has 0 aromatic heterocycles. The highest BCUT2D eigenvalue weighted by molar-refractivity contribution is 7.85. The number of carbonyl (C=O) groups excluding carboxylic acids is 2. The first-order valence-corrected chi connectivity index (χ1v) is 10.5. The van der Waals surface area contributed by atoms with E-state index in [9.17, 15) is 18.0 Å². The van der Waals surface area contributed by atoms with Gasteiger partial charge >= 0.3 is 6.09 Å². The van der Waals surface area contributed by atoms with Crippen molar-refractivity contribution in [1.82, 2.24) is 0 Å². The minimum atomic E-state index is -4.14. The lowest BCUT2D eigenvalue weighted by Gasteiger charge is -2.33. The molecule has 0 spiro atoms. The molecule has 10 heteroatoms. The van der Waals surface area contributed by atoms with E-state index in [4.69, 9.17) is 14.0 Å². The van der Waals surface area contributed by atoms with E-state index in [1.54, 1.807) is 23.1 Å². The van der Waals surface area contributed by atoms with Crippen LogP contribution in [0.3, 0.4) is 0 Å². The van der Waals surface area contributed by atoms with Gasteiger partial charge in [-0.1, -0.05) is 0 Å². The van der Waals surface area contributed by atoms with Crippen LogP contribution in [0.1, 0.15) is 25.7 Å². The van der Waals surface area contributed by atoms with Gasteiger partial charge in [0.2, 0.25) is 5.91 Å². The third kappa shape index (κ3) is 3.46. The maximum Gasteiger partial charge on any atom is 0.415 e. The third-order valence-corrected chi connectivity index (χ3v) is 5.87. The molecule has 146 valence electrons. The Morgan fingerprint density at radius 1 is 1.22 bits per heavy atom. The summed E-state index contributed by atoms with van der Waals surface area (Å²) in [6.07, 6.45) is 1.09. The van der Waals surface area contributed by atoms with Crippen LogP contribution in [0.25, 0.3) is 0 Å². The lowest BCUT2D eigenvalue weighted by molar-refractivity contribution is -0.119. The average molecular weight is 396 g/mol. The summed E-state index contributed by atoms with van der Waals surface area (Å²) in [6, 6.07) is 4.76. The maximum atomic E-state index is 12.3. The number of anilines is 2. The number of benzene rings is 1. The molecule has 1 N–H and O–H groups in total. The predicted octanol–water partition coefficient (Wildman–Crippen LogP) is 1.57. The largest absolute Gasteiger partial charge is 0.489 e. The lowest BCUT2D eigenvalue weighted by Crippen LogP contribution is -2.45. The quantitative estimate of drug-likeness (QED) is 0.769. The van der Waals surface area contributed by atoms with Crippen LogP contribution < -0.4 is 14.5 Å². The number of cyclic esters (lactones) is 1. The van der Waals surface area contributed by atoms with Crippen molar-refractivity contribution in [3.8, 4) is 5.75 Å². The molecule has 0 radical (unpaired) electrons. The first kappa shape index (κ1) is 18.1. The smallest absolute Gasteiger partial charge is 0.415 e. The van der Waals surface area contributed by atoms with Gasteiger partial charge < -0.3 is 14.4 Å². The van der Waals surface area contributed by atoms with Gasteiger partial charge in [0.05, 0.1) is 11.4 Å². The average Bonchev–Trinajstić information content (AvgIpc) is 2.96. The summed E-state index contributed by atoms with van der Waals surface area (Å²) in [5, 5.41) is 0. The summed E-state index contributed by atoms with van der Waals surface area (Å²) < 4.78 is 42.0. The fourth-order valence-electron chi connectivity index (χ4n) is 3.78. The van der Waals surface area contributed by atoms with Crippen LogP contribution in [0.5, 0.6) is 5.75 Å². The predicted molar refractivity (Wildman–Crippen MR) is 95.7 cm³/mol. The van der Waals surface area contributed by atoms with Gasteiger partial charge in [0, 0.05) is 31.1 Å². The number of carbonyl (C=O) groups is 2. The standard InChI is InChI=1S/C17H20N2O7S/c20-16-3-1-2-7-18(16)11-4-5-12-15(9-11)25-10-13-14(6-8-27(22,23)24)26-17(21)19(12)13/h4-5,9,13-14H,1-3,6-8,10H2,(H,22,23,24)/t13-,14+/m0/s1. The highest BCUT2D eigenvalue weighted by Crippen LogP contribution is 2.41. The number of rotatable bonds is 4. The van der Waals surface area contributed by atoms with Gasteiger partial charge in [-0.2, -0.15) is 8.42 Å². The molecule has 3 heterocycles. The molecule has 0 aliphatic carbocycles. The minimum Gasteiger partial charge on any atom is -0.489 e. The van der Waals surface area contributed by atoms with Crippen LogP contribution in [-0.4, -0.2) is 56.0 Å². The maximum absolute atomic E-state index is 12.3. The molecular weight excluding hydrogens is 376 g/mol. The Kier molecular flexibility index (Phi) is 4.47. The highest BCUT2D eigenvalue weighted by atomic mass is 32.2. The van der Waals surface area contributed by atoms with Crippen molar-refractivity contribution in [2.24, 2.45) is 0 Å². The van der Waals surface area contributed by atoms with Gasteiger partial charge in [-0.3, -0.25) is 14.2 Å². The molecule has 0 saturated carbocycles. The van der Waals surface area contributed by atoms with Crippen LogP contribution in [-0.2, 0) is 19.6 Å². The summed E-state index contributed by atoms with van der Waals surface area (Å²) in [5.74, 6) is 0.0632. The Morgan fingerprint density at radius 2 is 2.04 bits per heavy atom. The number of hydrogen-bond acceptors (Lipinski definition) is 6. The van der Waals surface area contributed by atoms with Crippen LogP contribution in [0.15, 0.2) is 18.2 Å². The van der Waals surface area contributed by atoms with E-state index in [0.717, 1.165) is 18.5 Å². The molecule has 9 nitrogen and oxygen atoms in total. The van der Waals surface area contributed by atoms with E-state index >= 15 is 0 Å². The van der Waals surface area contributed by atoms with Gasteiger partial charge in [-0.15, -0.1) is 0 Å². The van der Waals surface area contributed by atoms with Crippen molar-refractivity contribution in [3.05, 3.63) is 18.2 Å². The van der Waals surface area contributed by atoms with Crippen molar-refractivity contribution in [2.45, 2.75) is 37.8 Å². The number of fused-ring (bicyclic) bond motifs is 3. The highest BCUT2D eigenvalue weighted by Gasteiger charge is 2.46. The van der Waals surface area contributed by atoms with E-state index in [1.165, 1.54) is 4.90 Å². The van der Waals surface area contributed by atoms with Crippen molar-refractivity contribution in [1.29, 1.82) is 0 Å². The second-order valence-corrected chi connectivity index (χ2v) is 8.47. The Labute approximate surface area is 156 Å². The molecule has 0 bridgehead atoms. The molecule has 2 atom stereocenters. The number of hydrogen-bond donors (Lipinski definition) is 1. The fourth-order valence-corrected chi connectivity index (χ4v) is 4.31. The van der Waals surface area contributed by atoms with E-state index < -0.39 is 34.1 Å². The minimum absolute atomic E-state index is 0.00913. The van der Waals surface area contributed by atoms with E-state index in [2.05, 4.69) is 0 Å². The van der Waals surface area contributed by atoms with Gasteiger partial charge in [-0.05, 0) is 25.0 Å². The Morgan fingerprint density at radius 3 is 2.78 bits per heavy atom. The van der Waals surface area contributed by atoms with Crippen LogP contribution >= 0.6 is 0 Å². The second-order valence-electron chi connectivity index (χ2n) is 6.90. The van der Waals surface area contributed by atoms with E-state index in [1.807, 2.05) is 0 Å². The topological polar surface area (TPSA) is 113 Å². The number of ether oxygens (including phenoxy) is 2. The van der Waals surface area contributed by atoms with E-state index in [-0.39, 0.29) is 18.9 Å². The normalized spacial score (nSPS) is 24.9. The molecule has 1 aromatic carbocycles. The molecular formula is C17H20N2O7S. The Balaban J connectivity index is 1.57. The van der Waals surface area contributed by atoms with Gasteiger partial charge in [0.1, 0.15) is 24.5 Å². The van der Waals surface area contributed by atoms with Crippen molar-refractivity contribution in [3.63, 3.8) is 0 Å². The number of piperidine rings is 1. The molecule has 1 aromatic rings. The molecule has 2 fully saturated rings. The fraction of sp³-hybridized carbons (Fsp3) is 0.529. The van der Waals surface area contributed by atoms with Crippen molar-refractivity contribution < 1.29 is 32.0 Å². The summed E-state index contributed by atoms with van der Waals surface area (Å²) in [5.41, 5.74) is 1.26. The van der Waals surface area contributed by atoms with Gasteiger partial charge in [-0.25, -0.2) is 4.79 Å². The molecule has 2 saturated heterocycles. The Hall–Kier alpha value is -2.33. The monoisotopic (exact) mass is 396 g/mol. The molecule has 2 amide bonds. The lowest BCUT2D eigenvalue weighted by atomic mass is 10.1. The first-order chi connectivity index (χ1) is 12.8. The zero-order chi connectivity index (χ0) is 19.2. The van der Waals surface area contributed by atoms with Gasteiger partial charge in [0.25, 0.3) is 10.1 Å². The van der Waals surface area contributed by atoms with Crippen LogP contribution in [0, 0.1) is 0 Å². The zero-order valence-electron chi connectivity index (χ0n) is 14.5. The van der Waals surface area contributed by atoms with E-state index in [0.29, 0.717) is 24.4 Å². The molecule has 3 aliphatic heterocycles. The summed E-state index contributed by atoms with van der Waals surface area (Å²) in [7, 11) is -4.14. The molecule has 4 rings (SSSR count). The second kappa shape index (κ2) is 6.68. The molecule has 0 unspecified atom stereocenters. The SMILES string of the molecule is O=C1CCCCN1c1ccc2c(c1)OC[C@H]1[C@@H](CCS(=O)(=O)O)OC(=O)N21. The van der Waals surface area contributed by atoms with Crippen molar-refractivity contribution in [2.75, 3.05) is 28.7 Å². The first-order valence-electron chi connectivity index (χ1n) is 8.86. The van der Waals surface area contributed by atoms with Gasteiger partial charge in [0.15, 0.2) is 0 Å². The summed E-state index contributed by atoms with van der Waals surface area (Å²) >= 11 is 0. The number of nitrogens with zero attached hydrogens (tertiary/aromatic N) is 2. The number of amides is 2. The third-order valence-electron chi connectivity index (χ3n) is 5.12. The molecule has 27 heavy (non-hydrogen) atoms. The molecule has 3 aliphatic rings. The summed E-state index contributed by atoms with van der Waals surface area (Å²) in [4.78, 5) is 27.6. The Bertz CT molecular complexity index is 885. The van der Waals surface area contributed by atoms with Crippen molar-refractivity contribution >= 4 is 33.5 Å². The van der Waals surface area contributed by atoms with Crippen LogP contribution in [0.4, 0.5) is 16.2 Å². The zero-order valence-corrected chi connectivity index (χ0v) is 15.4. The van der Waals surface area contributed by atoms with Crippen LogP contribution in [0.2, 0.25) is 0 Å². The summed E-state index contributed by atoms with van der Waals surface area (Å²) in [6.45, 7) is 0.802.